The number of carboxylic acids is 1. The van der Waals surface area contributed by atoms with E-state index in [4.69, 9.17) is 5.11 Å². The number of amides is 1. The monoisotopic (exact) mass is 472 g/mol. The first kappa shape index (κ1) is 23.6. The van der Waals surface area contributed by atoms with Crippen LogP contribution in [0.1, 0.15) is 40.5 Å². The van der Waals surface area contributed by atoms with Crippen molar-refractivity contribution in [2.45, 2.75) is 33.1 Å². The van der Waals surface area contributed by atoms with Crippen LogP contribution in [-0.4, -0.2) is 30.7 Å². The molecule has 0 aliphatic rings. The molecule has 1 amide bonds. The lowest BCUT2D eigenvalue weighted by molar-refractivity contribution is -0.114. The van der Waals surface area contributed by atoms with Gasteiger partial charge in [0.05, 0.1) is 28.2 Å². The van der Waals surface area contributed by atoms with Crippen molar-refractivity contribution in [2.24, 2.45) is 0 Å². The number of hydrogen-bond acceptors (Lipinski definition) is 6. The summed E-state index contributed by atoms with van der Waals surface area (Å²) in [7, 11) is 0. The van der Waals surface area contributed by atoms with Gasteiger partial charge in [0.15, 0.2) is 5.13 Å². The predicted octanol–water partition coefficient (Wildman–Crippen LogP) is 4.22. The lowest BCUT2D eigenvalue weighted by Gasteiger charge is -2.27. The number of aryl methyl sites for hydroxylation is 3. The van der Waals surface area contributed by atoms with E-state index in [9.17, 15) is 18.4 Å². The summed E-state index contributed by atoms with van der Waals surface area (Å²) in [4.78, 5) is 26.8. The van der Waals surface area contributed by atoms with Gasteiger partial charge >= 0.3 is 5.97 Å². The Hall–Kier alpha value is -3.08. The van der Waals surface area contributed by atoms with E-state index >= 15 is 0 Å². The second-order valence-corrected chi connectivity index (χ2v) is 8.87. The Labute approximate surface area is 192 Å². The van der Waals surface area contributed by atoms with Gasteiger partial charge in [-0.15, -0.1) is 0 Å². The highest BCUT2D eigenvalue weighted by Crippen LogP contribution is 2.38. The van der Waals surface area contributed by atoms with Gasteiger partial charge in [-0.05, 0) is 55.5 Å². The molecule has 3 rings (SSSR count). The first-order valence-corrected chi connectivity index (χ1v) is 11.7. The molecule has 1 aromatic heterocycles. The maximum atomic E-state index is 12.2. The van der Waals surface area contributed by atoms with Crippen LogP contribution in [0.2, 0.25) is 0 Å². The van der Waals surface area contributed by atoms with Gasteiger partial charge in [-0.1, -0.05) is 41.7 Å². The van der Waals surface area contributed by atoms with E-state index in [0.29, 0.717) is 40.8 Å². The van der Waals surface area contributed by atoms with Gasteiger partial charge in [0.25, 0.3) is 0 Å². The molecule has 32 heavy (non-hydrogen) atoms. The zero-order valence-electron chi connectivity index (χ0n) is 17.5. The van der Waals surface area contributed by atoms with E-state index in [1.54, 1.807) is 37.3 Å². The summed E-state index contributed by atoms with van der Waals surface area (Å²) in [5.41, 5.74) is 2.99. The van der Waals surface area contributed by atoms with Crippen LogP contribution in [0, 0.1) is 6.92 Å². The van der Waals surface area contributed by atoms with Crippen LogP contribution in [0.5, 0.6) is 0 Å². The number of benzene rings is 2. The molecule has 8 nitrogen and oxygen atoms in total. The van der Waals surface area contributed by atoms with Crippen LogP contribution in [-0.2, 0) is 28.9 Å². The molecule has 2 aromatic carbocycles. The Kier molecular flexibility index (Phi) is 7.73. The molecule has 0 saturated carbocycles. The molecule has 0 radical (unpaired) electrons. The zero-order chi connectivity index (χ0) is 23.3. The molecule has 10 heteroatoms. The van der Waals surface area contributed by atoms with Crippen molar-refractivity contribution in [3.05, 3.63) is 70.9 Å². The summed E-state index contributed by atoms with van der Waals surface area (Å²) in [5.74, 6) is -1.25. The molecule has 0 fully saturated rings. The minimum Gasteiger partial charge on any atom is -0.755 e. The second kappa shape index (κ2) is 10.5. The van der Waals surface area contributed by atoms with E-state index in [-0.39, 0.29) is 11.5 Å². The molecule has 168 valence electrons. The number of hydrogen-bond donors (Lipinski definition) is 2. The molecular weight excluding hydrogens is 450 g/mol. The average molecular weight is 473 g/mol. The average Bonchev–Trinajstić information content (AvgIpc) is 3.08. The van der Waals surface area contributed by atoms with Crippen molar-refractivity contribution in [3.8, 4) is 0 Å². The van der Waals surface area contributed by atoms with Crippen LogP contribution < -0.4 is 9.62 Å². The fraction of sp³-hybridized carbons (Fsp3) is 0.227. The third-order valence-corrected chi connectivity index (χ3v) is 6.54. The highest BCUT2D eigenvalue weighted by Gasteiger charge is 2.20. The molecule has 0 saturated heterocycles. The molecule has 1 heterocycles. The number of nitrogens with one attached hydrogen (secondary N) is 1. The number of thiazole rings is 1. The first-order chi connectivity index (χ1) is 15.3. The lowest BCUT2D eigenvalue weighted by atomic mass is 10.0. The normalized spacial score (nSPS) is 11.7. The Morgan fingerprint density at radius 2 is 1.94 bits per heavy atom. The molecule has 2 N–H and O–H groups in total. The number of carboxylic acid groups (broad SMARTS) is 1. The van der Waals surface area contributed by atoms with Crippen molar-refractivity contribution in [2.75, 3.05) is 9.62 Å². The first-order valence-electron chi connectivity index (χ1n) is 9.81. The largest absolute Gasteiger partial charge is 0.755 e. The predicted molar refractivity (Wildman–Crippen MR) is 124 cm³/mol. The Balaban J connectivity index is 1.83. The van der Waals surface area contributed by atoms with Gasteiger partial charge in [-0.25, -0.2) is 9.78 Å². The van der Waals surface area contributed by atoms with Gasteiger partial charge in [0.2, 0.25) is 5.91 Å². The molecule has 0 aliphatic heterocycles. The van der Waals surface area contributed by atoms with Crippen molar-refractivity contribution < 1.29 is 23.5 Å². The summed E-state index contributed by atoms with van der Waals surface area (Å²) in [6.07, 6.45) is 1.96. The topological polar surface area (TPSA) is 123 Å². The van der Waals surface area contributed by atoms with Crippen LogP contribution in [0.25, 0.3) is 0 Å². The number of carbonyl (C=O) groups excluding carboxylic acids is 1. The number of para-hydroxylation sites is 1. The minimum absolute atomic E-state index is 0.242. The van der Waals surface area contributed by atoms with Crippen molar-refractivity contribution in [3.63, 3.8) is 0 Å². The zero-order valence-corrected chi connectivity index (χ0v) is 19.2. The third kappa shape index (κ3) is 5.78. The van der Waals surface area contributed by atoms with Gasteiger partial charge in [0, 0.05) is 6.92 Å². The third-order valence-electron chi connectivity index (χ3n) is 4.68. The quantitative estimate of drug-likeness (QED) is 0.450. The van der Waals surface area contributed by atoms with Gasteiger partial charge in [-0.2, -0.15) is 0 Å². The fourth-order valence-electron chi connectivity index (χ4n) is 3.30. The van der Waals surface area contributed by atoms with E-state index in [0.717, 1.165) is 22.5 Å². The Bertz CT molecular complexity index is 1160. The molecule has 1 atom stereocenters. The number of nitrogens with zero attached hydrogens (tertiary/aromatic N) is 2. The van der Waals surface area contributed by atoms with Crippen LogP contribution in [0.3, 0.4) is 0 Å². The minimum atomic E-state index is -2.60. The van der Waals surface area contributed by atoms with E-state index in [1.165, 1.54) is 11.2 Å². The Morgan fingerprint density at radius 3 is 2.62 bits per heavy atom. The van der Waals surface area contributed by atoms with Gasteiger partial charge in [-0.3, -0.25) is 13.3 Å². The number of carbonyl (C=O) groups is 2. The van der Waals surface area contributed by atoms with Crippen LogP contribution in [0.15, 0.2) is 48.5 Å². The molecule has 3 aromatic rings. The van der Waals surface area contributed by atoms with Crippen LogP contribution >= 0.6 is 11.3 Å². The van der Waals surface area contributed by atoms with Crippen molar-refractivity contribution in [1.29, 1.82) is 0 Å². The SMILES string of the molecule is CC(=O)Nc1nc(C)c(N(c2ccccc2CCCc2cccc(C(=O)O)c2)S(=O)[O-])s1. The molecule has 0 spiro atoms. The summed E-state index contributed by atoms with van der Waals surface area (Å²) in [6.45, 7) is 3.05. The molecule has 0 aliphatic carbocycles. The molecule has 1 unspecified atom stereocenters. The summed E-state index contributed by atoms with van der Waals surface area (Å²) < 4.78 is 25.6. The maximum absolute atomic E-state index is 12.2. The standard InChI is InChI=1S/C22H23N3O5S2/c1-14-20(31-22(23-14)24-15(2)26)25(32(29)30)19-12-4-3-9-17(19)10-5-7-16-8-6-11-18(13-16)21(27)28/h3-4,6,8-9,11-13H,5,7,10H2,1-2H3,(H,27,28)(H,29,30)(H,23,24,26)/p-1. The number of anilines is 3. The second-order valence-electron chi connectivity index (χ2n) is 7.09. The maximum Gasteiger partial charge on any atom is 0.335 e. The fourth-order valence-corrected chi connectivity index (χ4v) is 5.14. The van der Waals surface area contributed by atoms with Gasteiger partial charge in [0.1, 0.15) is 5.00 Å². The summed E-state index contributed by atoms with van der Waals surface area (Å²) in [6, 6.07) is 14.0. The van der Waals surface area contributed by atoms with E-state index in [2.05, 4.69) is 10.3 Å². The number of aromatic carboxylic acids is 1. The lowest BCUT2D eigenvalue weighted by Crippen LogP contribution is -2.20. The van der Waals surface area contributed by atoms with Crippen LogP contribution in [0.4, 0.5) is 15.8 Å². The van der Waals surface area contributed by atoms with Crippen molar-refractivity contribution >= 4 is 50.3 Å². The Morgan fingerprint density at radius 1 is 1.19 bits per heavy atom. The highest BCUT2D eigenvalue weighted by molar-refractivity contribution is 7.81. The summed E-state index contributed by atoms with van der Waals surface area (Å²) >= 11 is -1.51. The highest BCUT2D eigenvalue weighted by atomic mass is 32.2. The smallest absolute Gasteiger partial charge is 0.335 e. The van der Waals surface area contributed by atoms with E-state index < -0.39 is 17.2 Å². The molecular formula is C22H22N3O5S2-. The van der Waals surface area contributed by atoms with Gasteiger partial charge < -0.3 is 15.0 Å². The number of aromatic nitrogens is 1. The van der Waals surface area contributed by atoms with Crippen molar-refractivity contribution in [1.82, 2.24) is 4.98 Å². The van der Waals surface area contributed by atoms with E-state index in [1.807, 2.05) is 18.2 Å². The molecule has 0 bridgehead atoms. The number of rotatable bonds is 9. The summed E-state index contributed by atoms with van der Waals surface area (Å²) in [5, 5.41) is 12.5.